The molecule has 0 aliphatic carbocycles. The summed E-state index contributed by atoms with van der Waals surface area (Å²) in [6.45, 7) is 1.12. The van der Waals surface area contributed by atoms with Gasteiger partial charge in [-0.15, -0.1) is 0 Å². The summed E-state index contributed by atoms with van der Waals surface area (Å²) < 4.78 is 0. The number of unbranched alkanes of at least 4 members (excludes halogenated alkanes) is 2. The Morgan fingerprint density at radius 3 is 2.50 bits per heavy atom. The summed E-state index contributed by atoms with van der Waals surface area (Å²) >= 11 is 1.90. The molecule has 0 aliphatic heterocycles. The van der Waals surface area contributed by atoms with Crippen molar-refractivity contribution in [1.82, 2.24) is 0 Å². The van der Waals surface area contributed by atoms with Gasteiger partial charge < -0.3 is 10.8 Å². The fraction of sp³-hybridized carbons (Fsp3) is 1.00. The van der Waals surface area contributed by atoms with Crippen LogP contribution in [0.15, 0.2) is 0 Å². The summed E-state index contributed by atoms with van der Waals surface area (Å²) in [7, 11) is 0. The van der Waals surface area contributed by atoms with Crippen LogP contribution in [0.1, 0.15) is 19.3 Å². The largest absolute Gasteiger partial charge is 0.396 e. The van der Waals surface area contributed by atoms with Gasteiger partial charge in [0.1, 0.15) is 0 Å². The van der Waals surface area contributed by atoms with Crippen molar-refractivity contribution < 1.29 is 5.11 Å². The average molecular weight is 163 g/mol. The quantitative estimate of drug-likeness (QED) is 0.547. The van der Waals surface area contributed by atoms with Gasteiger partial charge in [0.2, 0.25) is 0 Å². The maximum absolute atomic E-state index is 8.44. The van der Waals surface area contributed by atoms with E-state index in [1.54, 1.807) is 0 Å². The minimum absolute atomic E-state index is 0.335. The molecule has 3 heteroatoms. The molecule has 0 unspecified atom stereocenters. The third-order valence-corrected chi connectivity index (χ3v) is 2.31. The van der Waals surface area contributed by atoms with Crippen molar-refractivity contribution in [3.05, 3.63) is 0 Å². The van der Waals surface area contributed by atoms with Gasteiger partial charge in [-0.2, -0.15) is 11.8 Å². The molecule has 0 fully saturated rings. The van der Waals surface area contributed by atoms with Gasteiger partial charge in [-0.1, -0.05) is 6.42 Å². The zero-order valence-electron chi connectivity index (χ0n) is 6.38. The van der Waals surface area contributed by atoms with Crippen molar-refractivity contribution in [1.29, 1.82) is 0 Å². The molecule has 0 aromatic carbocycles. The van der Waals surface area contributed by atoms with Crippen molar-refractivity contribution in [3.63, 3.8) is 0 Å². The summed E-state index contributed by atoms with van der Waals surface area (Å²) in [5.41, 5.74) is 5.31. The Morgan fingerprint density at radius 1 is 1.10 bits per heavy atom. The Kier molecular flexibility index (Phi) is 9.52. The summed E-state index contributed by atoms with van der Waals surface area (Å²) in [6.07, 6.45) is 3.31. The van der Waals surface area contributed by atoms with Crippen molar-refractivity contribution >= 4 is 11.8 Å². The molecule has 0 aromatic heterocycles. The van der Waals surface area contributed by atoms with Gasteiger partial charge in [-0.3, -0.25) is 0 Å². The third kappa shape index (κ3) is 8.27. The molecule has 0 radical (unpaired) electrons. The molecular weight excluding hydrogens is 146 g/mol. The van der Waals surface area contributed by atoms with E-state index in [9.17, 15) is 0 Å². The van der Waals surface area contributed by atoms with Gasteiger partial charge in [0.25, 0.3) is 0 Å². The Labute approximate surface area is 67.2 Å². The number of aliphatic hydroxyl groups is 1. The summed E-state index contributed by atoms with van der Waals surface area (Å²) in [6, 6.07) is 0. The Hall–Kier alpha value is 0.270. The van der Waals surface area contributed by atoms with Crippen LogP contribution in [0.4, 0.5) is 0 Å². The van der Waals surface area contributed by atoms with E-state index in [4.69, 9.17) is 10.8 Å². The van der Waals surface area contributed by atoms with Gasteiger partial charge in [0.05, 0.1) is 0 Å². The molecule has 0 aliphatic rings. The number of aliphatic hydroxyl groups excluding tert-OH is 1. The molecule has 0 saturated heterocycles. The number of rotatable bonds is 7. The monoisotopic (exact) mass is 163 g/mol. The molecule has 0 aromatic rings. The first-order chi connectivity index (χ1) is 4.91. The van der Waals surface area contributed by atoms with Crippen LogP contribution >= 0.6 is 11.8 Å². The van der Waals surface area contributed by atoms with E-state index in [1.807, 2.05) is 11.8 Å². The fourth-order valence-corrected chi connectivity index (χ4v) is 1.46. The van der Waals surface area contributed by atoms with Crippen LogP contribution in [-0.4, -0.2) is 29.8 Å². The van der Waals surface area contributed by atoms with Crippen LogP contribution in [0, 0.1) is 0 Å². The van der Waals surface area contributed by atoms with Gasteiger partial charge in [-0.25, -0.2) is 0 Å². The van der Waals surface area contributed by atoms with Crippen molar-refractivity contribution in [2.45, 2.75) is 19.3 Å². The molecule has 62 valence electrons. The van der Waals surface area contributed by atoms with E-state index in [2.05, 4.69) is 0 Å². The highest BCUT2D eigenvalue weighted by Gasteiger charge is 1.88. The fourth-order valence-electron chi connectivity index (χ4n) is 0.678. The molecule has 0 amide bonds. The van der Waals surface area contributed by atoms with E-state index in [1.165, 1.54) is 12.2 Å². The number of hydrogen-bond donors (Lipinski definition) is 2. The summed E-state index contributed by atoms with van der Waals surface area (Å²) in [5.74, 6) is 2.26. The SMILES string of the molecule is NCCSCCCCCO. The lowest BCUT2D eigenvalue weighted by atomic mass is 10.3. The minimum Gasteiger partial charge on any atom is -0.396 e. The predicted octanol–water partition coefficient (Wildman–Crippen LogP) is 0.841. The lowest BCUT2D eigenvalue weighted by Crippen LogP contribution is -2.01. The van der Waals surface area contributed by atoms with Crippen LogP contribution in [-0.2, 0) is 0 Å². The van der Waals surface area contributed by atoms with E-state index in [-0.39, 0.29) is 0 Å². The molecule has 0 rings (SSSR count). The zero-order chi connectivity index (χ0) is 7.66. The first-order valence-electron chi connectivity index (χ1n) is 3.80. The van der Waals surface area contributed by atoms with E-state index in [0.717, 1.165) is 25.1 Å². The molecule has 0 saturated carbocycles. The molecule has 0 bridgehead atoms. The number of hydrogen-bond acceptors (Lipinski definition) is 3. The predicted molar refractivity (Wildman–Crippen MR) is 47.3 cm³/mol. The van der Waals surface area contributed by atoms with Crippen LogP contribution < -0.4 is 5.73 Å². The van der Waals surface area contributed by atoms with Crippen LogP contribution in [0.2, 0.25) is 0 Å². The van der Waals surface area contributed by atoms with Crippen LogP contribution in [0.3, 0.4) is 0 Å². The Balaban J connectivity index is 2.65. The second kappa shape index (κ2) is 9.27. The van der Waals surface area contributed by atoms with Gasteiger partial charge in [0.15, 0.2) is 0 Å². The van der Waals surface area contributed by atoms with Crippen molar-refractivity contribution in [2.75, 3.05) is 24.7 Å². The van der Waals surface area contributed by atoms with Gasteiger partial charge in [-0.05, 0) is 18.6 Å². The lowest BCUT2D eigenvalue weighted by Gasteiger charge is -1.97. The maximum atomic E-state index is 8.44. The number of nitrogens with two attached hydrogens (primary N) is 1. The molecule has 0 heterocycles. The van der Waals surface area contributed by atoms with Crippen molar-refractivity contribution in [2.24, 2.45) is 5.73 Å². The highest BCUT2D eigenvalue weighted by molar-refractivity contribution is 7.99. The summed E-state index contributed by atoms with van der Waals surface area (Å²) in [5, 5.41) is 8.44. The molecule has 3 N–H and O–H groups in total. The van der Waals surface area contributed by atoms with Crippen LogP contribution in [0.5, 0.6) is 0 Å². The molecule has 0 atom stereocenters. The third-order valence-electron chi connectivity index (χ3n) is 1.21. The topological polar surface area (TPSA) is 46.2 Å². The normalized spacial score (nSPS) is 10.2. The minimum atomic E-state index is 0.335. The highest BCUT2D eigenvalue weighted by atomic mass is 32.2. The first kappa shape index (κ1) is 10.3. The Bertz CT molecular complexity index is 53.6. The molecule has 2 nitrogen and oxygen atoms in total. The molecular formula is C7H17NOS. The smallest absolute Gasteiger partial charge is 0.0431 e. The van der Waals surface area contributed by atoms with Crippen molar-refractivity contribution in [3.8, 4) is 0 Å². The second-order valence-corrected chi connectivity index (χ2v) is 3.41. The van der Waals surface area contributed by atoms with Gasteiger partial charge >= 0.3 is 0 Å². The van der Waals surface area contributed by atoms with Crippen LogP contribution in [0.25, 0.3) is 0 Å². The summed E-state index contributed by atoms with van der Waals surface area (Å²) in [4.78, 5) is 0. The first-order valence-corrected chi connectivity index (χ1v) is 4.96. The molecule has 0 spiro atoms. The zero-order valence-corrected chi connectivity index (χ0v) is 7.20. The van der Waals surface area contributed by atoms with E-state index < -0.39 is 0 Å². The average Bonchev–Trinajstić information content (AvgIpc) is 1.97. The Morgan fingerprint density at radius 2 is 1.90 bits per heavy atom. The standard InChI is InChI=1S/C7H17NOS/c8-4-7-10-6-3-1-2-5-9/h9H,1-8H2. The second-order valence-electron chi connectivity index (χ2n) is 2.19. The van der Waals surface area contributed by atoms with E-state index in [0.29, 0.717) is 6.61 Å². The lowest BCUT2D eigenvalue weighted by molar-refractivity contribution is 0.284. The highest BCUT2D eigenvalue weighted by Crippen LogP contribution is 2.04. The van der Waals surface area contributed by atoms with Gasteiger partial charge in [0, 0.05) is 18.9 Å². The van der Waals surface area contributed by atoms with E-state index >= 15 is 0 Å². The number of thioether (sulfide) groups is 1. The maximum Gasteiger partial charge on any atom is 0.0431 e. The molecule has 10 heavy (non-hydrogen) atoms.